The first-order valence-electron chi connectivity index (χ1n) is 8.65. The Kier molecular flexibility index (Phi) is 7.66. The van der Waals surface area contributed by atoms with Crippen molar-refractivity contribution in [2.24, 2.45) is 0 Å². The average Bonchev–Trinajstić information content (AvgIpc) is 2.64. The number of nitrogens with one attached hydrogen (secondary N) is 2. The van der Waals surface area contributed by atoms with Gasteiger partial charge >= 0.3 is 0 Å². The Morgan fingerprint density at radius 3 is 2.22 bits per heavy atom. The number of amides is 2. The molecule has 2 N–H and O–H groups in total. The SMILES string of the molecule is C[C@H](c1ccccc1)N(C)C(=O)C[NH+](C)CC(=O)Nc1c(Cl)cccc1Cl. The van der Waals surface area contributed by atoms with Crippen molar-refractivity contribution in [3.8, 4) is 0 Å². The zero-order chi connectivity index (χ0) is 20.0. The Hall–Kier alpha value is -2.08. The first-order chi connectivity index (χ1) is 12.8. The van der Waals surface area contributed by atoms with E-state index < -0.39 is 0 Å². The van der Waals surface area contributed by atoms with Crippen molar-refractivity contribution in [2.75, 3.05) is 32.5 Å². The van der Waals surface area contributed by atoms with Gasteiger partial charge in [0.25, 0.3) is 11.8 Å². The fourth-order valence-electron chi connectivity index (χ4n) is 2.69. The molecule has 27 heavy (non-hydrogen) atoms. The van der Waals surface area contributed by atoms with E-state index in [-0.39, 0.29) is 30.9 Å². The normalized spacial score (nSPS) is 12.9. The molecular formula is C20H24Cl2N3O2+. The molecule has 2 amide bonds. The van der Waals surface area contributed by atoms with Gasteiger partial charge in [0.05, 0.1) is 28.8 Å². The molecule has 0 aliphatic heterocycles. The maximum atomic E-state index is 12.5. The molecule has 0 saturated heterocycles. The van der Waals surface area contributed by atoms with Gasteiger partial charge in [-0.15, -0.1) is 0 Å². The predicted molar refractivity (Wildman–Crippen MR) is 109 cm³/mol. The van der Waals surface area contributed by atoms with Gasteiger partial charge in [-0.3, -0.25) is 9.59 Å². The van der Waals surface area contributed by atoms with E-state index in [4.69, 9.17) is 23.2 Å². The van der Waals surface area contributed by atoms with Gasteiger partial charge in [-0.1, -0.05) is 59.6 Å². The Labute approximate surface area is 169 Å². The molecule has 0 spiro atoms. The van der Waals surface area contributed by atoms with Crippen LogP contribution >= 0.6 is 23.2 Å². The second-order valence-corrected chi connectivity index (χ2v) is 7.36. The first-order valence-corrected chi connectivity index (χ1v) is 9.41. The van der Waals surface area contributed by atoms with E-state index in [1.54, 1.807) is 37.2 Å². The zero-order valence-electron chi connectivity index (χ0n) is 15.6. The summed E-state index contributed by atoms with van der Waals surface area (Å²) in [7, 11) is 3.57. The second-order valence-electron chi connectivity index (χ2n) is 6.55. The molecule has 0 radical (unpaired) electrons. The summed E-state index contributed by atoms with van der Waals surface area (Å²) in [5.74, 6) is -0.290. The summed E-state index contributed by atoms with van der Waals surface area (Å²) in [4.78, 5) is 27.3. The smallest absolute Gasteiger partial charge is 0.279 e. The lowest BCUT2D eigenvalue weighted by Crippen LogP contribution is -3.11. The highest BCUT2D eigenvalue weighted by molar-refractivity contribution is 6.39. The molecule has 1 unspecified atom stereocenters. The Morgan fingerprint density at radius 2 is 1.63 bits per heavy atom. The minimum Gasteiger partial charge on any atom is -0.334 e. The molecule has 0 aromatic heterocycles. The lowest BCUT2D eigenvalue weighted by atomic mass is 10.1. The largest absolute Gasteiger partial charge is 0.334 e. The van der Waals surface area contributed by atoms with E-state index in [9.17, 15) is 9.59 Å². The van der Waals surface area contributed by atoms with Crippen molar-refractivity contribution in [1.29, 1.82) is 0 Å². The number of carbonyl (C=O) groups is 2. The predicted octanol–water partition coefficient (Wildman–Crippen LogP) is 2.67. The van der Waals surface area contributed by atoms with Crippen LogP contribution in [0.4, 0.5) is 5.69 Å². The number of hydrogen-bond donors (Lipinski definition) is 2. The van der Waals surface area contributed by atoms with Crippen LogP contribution in [0, 0.1) is 0 Å². The molecular weight excluding hydrogens is 385 g/mol. The number of halogens is 2. The van der Waals surface area contributed by atoms with E-state index in [0.29, 0.717) is 15.7 Å². The van der Waals surface area contributed by atoms with Gasteiger partial charge in [0.2, 0.25) is 0 Å². The highest BCUT2D eigenvalue weighted by Crippen LogP contribution is 2.29. The summed E-state index contributed by atoms with van der Waals surface area (Å²) < 4.78 is 0. The number of carbonyl (C=O) groups excluding carboxylic acids is 2. The lowest BCUT2D eigenvalue weighted by molar-refractivity contribution is -0.862. The quantitative estimate of drug-likeness (QED) is 0.739. The van der Waals surface area contributed by atoms with Crippen molar-refractivity contribution >= 4 is 40.7 Å². The molecule has 5 nitrogen and oxygen atoms in total. The molecule has 0 aliphatic rings. The van der Waals surface area contributed by atoms with Crippen LogP contribution in [0.2, 0.25) is 10.0 Å². The molecule has 0 aliphatic carbocycles. The molecule has 2 rings (SSSR count). The van der Waals surface area contributed by atoms with Crippen LogP contribution in [-0.2, 0) is 9.59 Å². The Balaban J connectivity index is 1.89. The van der Waals surface area contributed by atoms with Crippen molar-refractivity contribution in [3.63, 3.8) is 0 Å². The third kappa shape index (κ3) is 5.96. The van der Waals surface area contributed by atoms with Crippen LogP contribution in [0.15, 0.2) is 48.5 Å². The number of para-hydroxylation sites is 1. The number of likely N-dealkylation sites (N-methyl/N-ethyl adjacent to an activating group) is 2. The molecule has 2 atom stereocenters. The van der Waals surface area contributed by atoms with Gasteiger partial charge in [-0.05, 0) is 24.6 Å². The van der Waals surface area contributed by atoms with Crippen molar-refractivity contribution in [1.82, 2.24) is 4.90 Å². The topological polar surface area (TPSA) is 53.9 Å². The minimum atomic E-state index is -0.255. The van der Waals surface area contributed by atoms with Crippen molar-refractivity contribution in [3.05, 3.63) is 64.1 Å². The van der Waals surface area contributed by atoms with E-state index >= 15 is 0 Å². The molecule has 0 saturated carbocycles. The van der Waals surface area contributed by atoms with Gasteiger partial charge in [0.15, 0.2) is 13.1 Å². The summed E-state index contributed by atoms with van der Waals surface area (Å²) in [6.07, 6.45) is 0. The summed E-state index contributed by atoms with van der Waals surface area (Å²) >= 11 is 12.1. The summed E-state index contributed by atoms with van der Waals surface area (Å²) in [6, 6.07) is 14.8. The number of benzene rings is 2. The molecule has 2 aromatic carbocycles. The van der Waals surface area contributed by atoms with E-state index in [1.165, 1.54) is 0 Å². The highest BCUT2D eigenvalue weighted by Gasteiger charge is 2.22. The number of nitrogens with zero attached hydrogens (tertiary/aromatic N) is 1. The van der Waals surface area contributed by atoms with Gasteiger partial charge < -0.3 is 15.1 Å². The van der Waals surface area contributed by atoms with Crippen LogP contribution in [0.25, 0.3) is 0 Å². The van der Waals surface area contributed by atoms with Crippen LogP contribution in [0.1, 0.15) is 18.5 Å². The van der Waals surface area contributed by atoms with E-state index in [2.05, 4.69) is 5.32 Å². The van der Waals surface area contributed by atoms with Crippen LogP contribution in [0.5, 0.6) is 0 Å². The number of quaternary nitrogens is 1. The molecule has 2 aromatic rings. The Bertz CT molecular complexity index is 779. The molecule has 7 heteroatoms. The third-order valence-corrected chi connectivity index (χ3v) is 5.03. The minimum absolute atomic E-state index is 0.0348. The lowest BCUT2D eigenvalue weighted by Gasteiger charge is -2.26. The fraction of sp³-hybridized carbons (Fsp3) is 0.300. The van der Waals surface area contributed by atoms with Crippen LogP contribution < -0.4 is 10.2 Å². The third-order valence-electron chi connectivity index (χ3n) is 4.40. The summed E-state index contributed by atoms with van der Waals surface area (Å²) in [5.41, 5.74) is 1.46. The van der Waals surface area contributed by atoms with Crippen molar-refractivity contribution < 1.29 is 14.5 Å². The Morgan fingerprint density at radius 1 is 1.04 bits per heavy atom. The average molecular weight is 409 g/mol. The van der Waals surface area contributed by atoms with Gasteiger partial charge in [-0.2, -0.15) is 0 Å². The number of anilines is 1. The maximum absolute atomic E-state index is 12.5. The number of rotatable bonds is 7. The van der Waals surface area contributed by atoms with Gasteiger partial charge in [-0.25, -0.2) is 0 Å². The molecule has 0 bridgehead atoms. The zero-order valence-corrected chi connectivity index (χ0v) is 17.1. The van der Waals surface area contributed by atoms with Crippen LogP contribution in [0.3, 0.4) is 0 Å². The highest BCUT2D eigenvalue weighted by atomic mass is 35.5. The van der Waals surface area contributed by atoms with Crippen LogP contribution in [-0.4, -0.2) is 43.9 Å². The molecule has 144 valence electrons. The second kappa shape index (κ2) is 9.74. The maximum Gasteiger partial charge on any atom is 0.279 e. The van der Waals surface area contributed by atoms with E-state index in [0.717, 1.165) is 10.5 Å². The number of hydrogen-bond acceptors (Lipinski definition) is 2. The molecule has 0 fully saturated rings. The van der Waals surface area contributed by atoms with Gasteiger partial charge in [0, 0.05) is 7.05 Å². The van der Waals surface area contributed by atoms with Crippen molar-refractivity contribution in [2.45, 2.75) is 13.0 Å². The monoisotopic (exact) mass is 408 g/mol. The summed E-state index contributed by atoms with van der Waals surface area (Å²) in [6.45, 7) is 2.31. The summed E-state index contributed by atoms with van der Waals surface area (Å²) in [5, 5.41) is 3.46. The van der Waals surface area contributed by atoms with E-state index in [1.807, 2.05) is 37.3 Å². The standard InChI is InChI=1S/C20H23Cl2N3O2/c1-14(15-8-5-4-6-9-15)25(3)19(27)13-24(2)12-18(26)23-20-16(21)10-7-11-17(20)22/h4-11,14H,12-13H2,1-3H3,(H,23,26)/p+1/t14-/m1/s1. The fourth-order valence-corrected chi connectivity index (χ4v) is 3.18. The van der Waals surface area contributed by atoms with Gasteiger partial charge in [0.1, 0.15) is 0 Å². The first kappa shape index (κ1) is 21.2. The molecule has 0 heterocycles.